The first-order chi connectivity index (χ1) is 8.74. The molecule has 19 heavy (non-hydrogen) atoms. The maximum atomic E-state index is 12.4. The first kappa shape index (κ1) is 14.8. The summed E-state index contributed by atoms with van der Waals surface area (Å²) in [6, 6.07) is 2.96. The Labute approximate surface area is 105 Å². The number of ether oxygens (including phenoxy) is 1. The van der Waals surface area contributed by atoms with E-state index in [0.29, 0.717) is 22.9 Å². The zero-order valence-corrected chi connectivity index (χ0v) is 9.77. The number of rotatable bonds is 3. The van der Waals surface area contributed by atoms with E-state index in [9.17, 15) is 22.8 Å². The fourth-order valence-corrected chi connectivity index (χ4v) is 1.22. The second kappa shape index (κ2) is 5.56. The molecule has 1 heterocycles. The van der Waals surface area contributed by atoms with Gasteiger partial charge in [-0.2, -0.15) is 18.4 Å². The molecule has 0 fully saturated rings. The van der Waals surface area contributed by atoms with Gasteiger partial charge in [0.1, 0.15) is 12.6 Å². The number of hydrogen-bond acceptors (Lipinski definition) is 4. The van der Waals surface area contributed by atoms with E-state index in [0.717, 1.165) is 0 Å². The highest BCUT2D eigenvalue weighted by atomic mass is 19.4. The van der Waals surface area contributed by atoms with Gasteiger partial charge in [0.25, 0.3) is 5.56 Å². The first-order valence-electron chi connectivity index (χ1n) is 5.11. The van der Waals surface area contributed by atoms with Gasteiger partial charge < -0.3 is 9.30 Å². The Morgan fingerprint density at radius 1 is 1.53 bits per heavy atom. The van der Waals surface area contributed by atoms with Crippen LogP contribution >= 0.6 is 0 Å². The molecule has 8 heteroatoms. The van der Waals surface area contributed by atoms with Crippen LogP contribution in [0.25, 0.3) is 0 Å². The van der Waals surface area contributed by atoms with E-state index in [-0.39, 0.29) is 0 Å². The van der Waals surface area contributed by atoms with Gasteiger partial charge in [-0.1, -0.05) is 0 Å². The molecule has 0 saturated heterocycles. The van der Waals surface area contributed by atoms with E-state index >= 15 is 0 Å². The van der Waals surface area contributed by atoms with Crippen molar-refractivity contribution in [1.82, 2.24) is 4.57 Å². The lowest BCUT2D eigenvalue weighted by Crippen LogP contribution is -2.27. The Kier molecular flexibility index (Phi) is 4.32. The molecule has 1 aromatic heterocycles. The summed E-state index contributed by atoms with van der Waals surface area (Å²) in [6.45, 7) is 0.613. The van der Waals surface area contributed by atoms with Gasteiger partial charge in [0.05, 0.1) is 5.56 Å². The smallest absolute Gasteiger partial charge is 0.417 e. The number of alkyl halides is 3. The number of hydrogen-bond donors (Lipinski definition) is 0. The molecular weight excluding hydrogens is 265 g/mol. The van der Waals surface area contributed by atoms with Crippen molar-refractivity contribution in [2.45, 2.75) is 25.7 Å². The Hall–Kier alpha value is -2.30. The number of nitriles is 1. The third-order valence-electron chi connectivity index (χ3n) is 2.10. The molecular formula is C11H9F3N2O3. The topological polar surface area (TPSA) is 72.1 Å². The van der Waals surface area contributed by atoms with Crippen LogP contribution in [-0.2, 0) is 22.3 Å². The van der Waals surface area contributed by atoms with Crippen LogP contribution in [0.2, 0.25) is 0 Å². The number of aromatic nitrogens is 1. The Morgan fingerprint density at radius 2 is 2.16 bits per heavy atom. The minimum absolute atomic E-state index is 0.528. The molecule has 0 bridgehead atoms. The Balaban J connectivity index is 2.93. The molecule has 0 N–H and O–H groups in total. The van der Waals surface area contributed by atoms with Crippen LogP contribution in [0.3, 0.4) is 0 Å². The summed E-state index contributed by atoms with van der Waals surface area (Å²) >= 11 is 0. The molecule has 0 aromatic carbocycles. The Morgan fingerprint density at radius 3 is 2.68 bits per heavy atom. The summed E-state index contributed by atoms with van der Waals surface area (Å²) in [4.78, 5) is 22.6. The predicted octanol–water partition coefficient (Wildman–Crippen LogP) is 1.32. The van der Waals surface area contributed by atoms with Crippen molar-refractivity contribution >= 4 is 5.97 Å². The molecule has 0 spiro atoms. The molecule has 102 valence electrons. The molecule has 5 nitrogen and oxygen atoms in total. The summed E-state index contributed by atoms with van der Waals surface area (Å²) in [6.07, 6.45) is -5.12. The first-order valence-corrected chi connectivity index (χ1v) is 5.11. The lowest BCUT2D eigenvalue weighted by Gasteiger charge is -2.11. The van der Waals surface area contributed by atoms with Gasteiger partial charge in [-0.25, -0.2) is 0 Å². The van der Waals surface area contributed by atoms with E-state index < -0.39 is 35.9 Å². The summed E-state index contributed by atoms with van der Waals surface area (Å²) < 4.78 is 42.4. The molecule has 0 amide bonds. The van der Waals surface area contributed by atoms with Crippen LogP contribution in [-0.4, -0.2) is 16.6 Å². The maximum absolute atomic E-state index is 12.4. The molecule has 1 atom stereocenters. The highest BCUT2D eigenvalue weighted by Gasteiger charge is 2.31. The number of halogens is 3. The summed E-state index contributed by atoms with van der Waals surface area (Å²) in [5.41, 5.74) is -1.82. The van der Waals surface area contributed by atoms with E-state index in [1.165, 1.54) is 6.92 Å². The quantitative estimate of drug-likeness (QED) is 0.779. The van der Waals surface area contributed by atoms with Crippen LogP contribution in [0, 0.1) is 11.3 Å². The Bertz CT molecular complexity index is 572. The van der Waals surface area contributed by atoms with Crippen molar-refractivity contribution in [3.8, 4) is 6.07 Å². The zero-order chi connectivity index (χ0) is 14.6. The van der Waals surface area contributed by atoms with Gasteiger partial charge in [-0.05, 0) is 13.0 Å². The molecule has 1 rings (SSSR count). The second-order valence-electron chi connectivity index (χ2n) is 3.64. The van der Waals surface area contributed by atoms with Crippen LogP contribution in [0.4, 0.5) is 13.2 Å². The molecule has 0 aliphatic heterocycles. The maximum Gasteiger partial charge on any atom is 0.417 e. The third kappa shape index (κ3) is 4.13. The fourth-order valence-electron chi connectivity index (χ4n) is 1.22. The van der Waals surface area contributed by atoms with Crippen LogP contribution < -0.4 is 5.56 Å². The standard InChI is InChI=1S/C11H9F3N2O3/c1-7(4-15)19-10(18)6-16-5-8(11(12,13)14)2-3-9(16)17/h2-3,5,7H,6H2,1H3/t7-/m0/s1. The van der Waals surface area contributed by atoms with Crippen molar-refractivity contribution in [3.05, 3.63) is 34.2 Å². The lowest BCUT2D eigenvalue weighted by atomic mass is 10.3. The van der Waals surface area contributed by atoms with E-state index in [2.05, 4.69) is 4.74 Å². The van der Waals surface area contributed by atoms with Gasteiger partial charge in [-0.3, -0.25) is 9.59 Å². The largest absolute Gasteiger partial charge is 0.446 e. The molecule has 0 unspecified atom stereocenters. The normalized spacial score (nSPS) is 12.6. The van der Waals surface area contributed by atoms with Crippen LogP contribution in [0.5, 0.6) is 0 Å². The van der Waals surface area contributed by atoms with E-state index in [1.807, 2.05) is 0 Å². The van der Waals surface area contributed by atoms with E-state index in [4.69, 9.17) is 5.26 Å². The van der Waals surface area contributed by atoms with Gasteiger partial charge >= 0.3 is 12.1 Å². The van der Waals surface area contributed by atoms with Crippen molar-refractivity contribution in [3.63, 3.8) is 0 Å². The van der Waals surface area contributed by atoms with Crippen molar-refractivity contribution < 1.29 is 22.7 Å². The zero-order valence-electron chi connectivity index (χ0n) is 9.77. The number of carbonyl (C=O) groups excluding carboxylic acids is 1. The number of pyridine rings is 1. The van der Waals surface area contributed by atoms with Crippen LogP contribution in [0.1, 0.15) is 12.5 Å². The molecule has 0 aliphatic rings. The lowest BCUT2D eigenvalue weighted by molar-refractivity contribution is -0.147. The van der Waals surface area contributed by atoms with Gasteiger partial charge in [0, 0.05) is 12.3 Å². The molecule has 0 saturated carbocycles. The average molecular weight is 274 g/mol. The third-order valence-corrected chi connectivity index (χ3v) is 2.10. The van der Waals surface area contributed by atoms with E-state index in [1.54, 1.807) is 6.07 Å². The SMILES string of the molecule is C[C@@H](C#N)OC(=O)Cn1cc(C(F)(F)F)ccc1=O. The van der Waals surface area contributed by atoms with Crippen molar-refractivity contribution in [2.75, 3.05) is 0 Å². The van der Waals surface area contributed by atoms with Crippen LogP contribution in [0.15, 0.2) is 23.1 Å². The number of nitrogens with zero attached hydrogens (tertiary/aromatic N) is 2. The van der Waals surface area contributed by atoms with Gasteiger partial charge in [0.2, 0.25) is 0 Å². The monoisotopic (exact) mass is 274 g/mol. The van der Waals surface area contributed by atoms with Gasteiger partial charge in [-0.15, -0.1) is 0 Å². The minimum Gasteiger partial charge on any atom is -0.446 e. The minimum atomic E-state index is -4.61. The highest BCUT2D eigenvalue weighted by molar-refractivity contribution is 5.69. The predicted molar refractivity (Wildman–Crippen MR) is 56.9 cm³/mol. The molecule has 1 aromatic rings. The molecule has 0 aliphatic carbocycles. The summed E-state index contributed by atoms with van der Waals surface area (Å²) in [5, 5.41) is 8.41. The van der Waals surface area contributed by atoms with Crippen molar-refractivity contribution in [2.24, 2.45) is 0 Å². The highest BCUT2D eigenvalue weighted by Crippen LogP contribution is 2.27. The molecule has 0 radical (unpaired) electrons. The van der Waals surface area contributed by atoms with Gasteiger partial charge in [0.15, 0.2) is 6.10 Å². The fraction of sp³-hybridized carbons (Fsp3) is 0.364. The number of carbonyl (C=O) groups is 1. The summed E-state index contributed by atoms with van der Waals surface area (Å²) in [5.74, 6) is -0.963. The summed E-state index contributed by atoms with van der Waals surface area (Å²) in [7, 11) is 0. The second-order valence-corrected chi connectivity index (χ2v) is 3.64. The number of esters is 1. The average Bonchev–Trinajstić information content (AvgIpc) is 2.30. The van der Waals surface area contributed by atoms with Crippen molar-refractivity contribution in [1.29, 1.82) is 5.26 Å².